The Labute approximate surface area is 374 Å². The predicted molar refractivity (Wildman–Crippen MR) is 270 cm³/mol. The highest BCUT2D eigenvalue weighted by atomic mass is 16.5. The maximum atomic E-state index is 6.90. The van der Waals surface area contributed by atoms with Crippen LogP contribution in [0.4, 0.5) is 0 Å². The number of para-hydroxylation sites is 1. The van der Waals surface area contributed by atoms with E-state index in [1.807, 2.05) is 0 Å². The minimum absolute atomic E-state index is 0.561. The number of hydrogen-bond donors (Lipinski definition) is 0. The van der Waals surface area contributed by atoms with Crippen molar-refractivity contribution in [3.05, 3.63) is 222 Å². The van der Waals surface area contributed by atoms with Crippen molar-refractivity contribution in [1.82, 2.24) is 0 Å². The number of fused-ring (bicyclic) bond motifs is 8. The van der Waals surface area contributed by atoms with E-state index in [0.29, 0.717) is 6.61 Å². The summed E-state index contributed by atoms with van der Waals surface area (Å²) in [5, 5.41) is 7.03. The van der Waals surface area contributed by atoms with Crippen LogP contribution >= 0.6 is 0 Å². The molecule has 0 saturated heterocycles. The lowest BCUT2D eigenvalue weighted by Gasteiger charge is -2.23. The molecule has 0 unspecified atom stereocenters. The normalized spacial score (nSPS) is 13.1. The van der Waals surface area contributed by atoms with Crippen molar-refractivity contribution < 1.29 is 9.15 Å². The average Bonchev–Trinajstić information content (AvgIpc) is 3.74. The van der Waals surface area contributed by atoms with Crippen LogP contribution in [-0.4, -0.2) is 5.71 Å². The zero-order chi connectivity index (χ0) is 43.0. The van der Waals surface area contributed by atoms with Gasteiger partial charge >= 0.3 is 0 Å². The maximum Gasteiger partial charge on any atom is 0.143 e. The second-order valence-corrected chi connectivity index (χ2v) is 16.9. The lowest BCUT2D eigenvalue weighted by molar-refractivity contribution is 0.302. The van der Waals surface area contributed by atoms with Crippen molar-refractivity contribution in [2.24, 2.45) is 4.99 Å². The third-order valence-corrected chi connectivity index (χ3v) is 12.6. The fourth-order valence-corrected chi connectivity index (χ4v) is 9.60. The number of nitrogens with zero attached hydrogens (tertiary/aromatic N) is 1. The summed E-state index contributed by atoms with van der Waals surface area (Å²) in [5.41, 5.74) is 16.4. The second kappa shape index (κ2) is 16.8. The number of benzene rings is 9. The molecule has 11 rings (SSSR count). The summed E-state index contributed by atoms with van der Waals surface area (Å²) in [7, 11) is 0. The van der Waals surface area contributed by atoms with Crippen molar-refractivity contribution in [3.63, 3.8) is 0 Å². The number of rotatable bonds is 10. The minimum Gasteiger partial charge on any atom is -0.488 e. The molecule has 9 aromatic carbocycles. The maximum absolute atomic E-state index is 6.90. The third kappa shape index (κ3) is 7.19. The highest BCUT2D eigenvalue weighted by Gasteiger charge is 2.25. The highest BCUT2D eigenvalue weighted by molar-refractivity contribution is 6.20. The summed E-state index contributed by atoms with van der Waals surface area (Å²) in [6, 6.07) is 67.2. The van der Waals surface area contributed by atoms with Gasteiger partial charge in [-0.2, -0.15) is 0 Å². The standard InChI is InChI=1S/C61H47NO2/c1-3-4-27-55(62-56(43-18-6-5-7-19-43)37-40(2)36-41-30-31-42-17-8-9-20-44(42)38-41)50-33-32-49(47-23-12-13-24-48(47)50)52-34-35-53(61-60(52)54-25-14-15-28-57(54)64-61)51-26-16-29-58-59(51)46-22-11-10-21-45(46)39-63-58/h5-36,38H,3-4,37,39H2,1-2H3/b40-36-,55-27-,62-56+. The quantitative estimate of drug-likeness (QED) is 0.129. The van der Waals surface area contributed by atoms with Crippen LogP contribution in [0.25, 0.3) is 88.6 Å². The van der Waals surface area contributed by atoms with Gasteiger partial charge in [0, 0.05) is 33.9 Å². The zero-order valence-electron chi connectivity index (χ0n) is 36.1. The van der Waals surface area contributed by atoms with Crippen LogP contribution in [0.5, 0.6) is 5.75 Å². The van der Waals surface area contributed by atoms with E-state index in [1.54, 1.807) is 0 Å². The molecule has 0 bridgehead atoms. The van der Waals surface area contributed by atoms with Gasteiger partial charge in [-0.05, 0) is 98.1 Å². The Bertz CT molecular complexity index is 3490. The summed E-state index contributed by atoms with van der Waals surface area (Å²) >= 11 is 0. The molecule has 1 aliphatic rings. The molecule has 308 valence electrons. The van der Waals surface area contributed by atoms with Gasteiger partial charge in [-0.1, -0.05) is 195 Å². The van der Waals surface area contributed by atoms with Crippen LogP contribution in [0.1, 0.15) is 55.4 Å². The molecule has 64 heavy (non-hydrogen) atoms. The van der Waals surface area contributed by atoms with Crippen molar-refractivity contribution in [1.29, 1.82) is 0 Å². The molecule has 10 aromatic rings. The van der Waals surface area contributed by atoms with E-state index in [-0.39, 0.29) is 0 Å². The van der Waals surface area contributed by atoms with Crippen molar-refractivity contribution in [3.8, 4) is 39.1 Å². The SMILES string of the molecule is CCC/C=C(\N=C(/C/C(C)=C\c1ccc2ccccc2c1)c1ccccc1)c1ccc(-c2ccc(-c3cccc4c3-c3ccccc3CO4)c3oc4ccccc4c23)c2ccccc12. The van der Waals surface area contributed by atoms with Gasteiger partial charge in [-0.25, -0.2) is 0 Å². The molecule has 1 aliphatic heterocycles. The highest BCUT2D eigenvalue weighted by Crippen LogP contribution is 2.49. The molecule has 0 saturated carbocycles. The van der Waals surface area contributed by atoms with E-state index in [0.717, 1.165) is 103 Å². The first-order valence-electron chi connectivity index (χ1n) is 22.4. The molecule has 3 nitrogen and oxygen atoms in total. The van der Waals surface area contributed by atoms with Gasteiger partial charge in [0.25, 0.3) is 0 Å². The van der Waals surface area contributed by atoms with Crippen LogP contribution in [0.3, 0.4) is 0 Å². The van der Waals surface area contributed by atoms with Crippen molar-refractivity contribution in [2.75, 3.05) is 0 Å². The Hall–Kier alpha value is -7.75. The van der Waals surface area contributed by atoms with Gasteiger partial charge in [-0.3, -0.25) is 4.99 Å². The van der Waals surface area contributed by atoms with E-state index in [1.165, 1.54) is 38.4 Å². The first kappa shape index (κ1) is 39.1. The first-order valence-corrected chi connectivity index (χ1v) is 22.4. The van der Waals surface area contributed by atoms with E-state index in [4.69, 9.17) is 14.1 Å². The number of allylic oxidation sites excluding steroid dienone is 2. The summed E-state index contributed by atoms with van der Waals surface area (Å²) in [6.07, 6.45) is 7.29. The van der Waals surface area contributed by atoms with Gasteiger partial charge in [0.1, 0.15) is 23.5 Å². The van der Waals surface area contributed by atoms with Crippen LogP contribution in [0.15, 0.2) is 209 Å². The first-order chi connectivity index (χ1) is 31.6. The Morgan fingerprint density at radius 3 is 2.19 bits per heavy atom. The fourth-order valence-electron chi connectivity index (χ4n) is 9.60. The minimum atomic E-state index is 0.561. The monoisotopic (exact) mass is 825 g/mol. The van der Waals surface area contributed by atoms with Gasteiger partial charge in [0.15, 0.2) is 0 Å². The summed E-state index contributed by atoms with van der Waals surface area (Å²) in [6.45, 7) is 5.01. The summed E-state index contributed by atoms with van der Waals surface area (Å²) in [5.74, 6) is 0.896. The molecular formula is C61H47NO2. The molecule has 0 fully saturated rings. The second-order valence-electron chi connectivity index (χ2n) is 16.9. The zero-order valence-corrected chi connectivity index (χ0v) is 36.1. The summed E-state index contributed by atoms with van der Waals surface area (Å²) < 4.78 is 13.2. The number of unbranched alkanes of at least 4 members (excludes halogenated alkanes) is 1. The van der Waals surface area contributed by atoms with Crippen molar-refractivity contribution >= 4 is 61.0 Å². The number of aliphatic imine (C=N–C) groups is 1. The molecule has 0 amide bonds. The van der Waals surface area contributed by atoms with E-state index >= 15 is 0 Å². The van der Waals surface area contributed by atoms with Crippen LogP contribution in [0.2, 0.25) is 0 Å². The molecular weight excluding hydrogens is 779 g/mol. The Balaban J connectivity index is 1.05. The van der Waals surface area contributed by atoms with Crippen LogP contribution in [0, 0.1) is 0 Å². The molecule has 0 atom stereocenters. The average molecular weight is 826 g/mol. The van der Waals surface area contributed by atoms with Gasteiger partial charge in [-0.15, -0.1) is 0 Å². The Morgan fingerprint density at radius 2 is 1.31 bits per heavy atom. The molecule has 0 N–H and O–H groups in total. The van der Waals surface area contributed by atoms with Gasteiger partial charge in [0.2, 0.25) is 0 Å². The number of ether oxygens (including phenoxy) is 1. The fraction of sp³-hybridized carbons (Fsp3) is 0.0984. The predicted octanol–water partition coefficient (Wildman–Crippen LogP) is 16.9. The number of hydrogen-bond acceptors (Lipinski definition) is 3. The number of furan rings is 1. The molecule has 0 aliphatic carbocycles. The van der Waals surface area contributed by atoms with Crippen LogP contribution < -0.4 is 4.74 Å². The molecule has 0 spiro atoms. The van der Waals surface area contributed by atoms with Gasteiger partial charge < -0.3 is 9.15 Å². The topological polar surface area (TPSA) is 34.7 Å². The smallest absolute Gasteiger partial charge is 0.143 e. The molecule has 2 heterocycles. The Morgan fingerprint density at radius 1 is 0.594 bits per heavy atom. The largest absolute Gasteiger partial charge is 0.488 e. The van der Waals surface area contributed by atoms with E-state index < -0.39 is 0 Å². The van der Waals surface area contributed by atoms with Crippen molar-refractivity contribution in [2.45, 2.75) is 39.7 Å². The summed E-state index contributed by atoms with van der Waals surface area (Å²) in [4.78, 5) is 5.63. The Kier molecular flexibility index (Phi) is 10.3. The van der Waals surface area contributed by atoms with E-state index in [9.17, 15) is 0 Å². The lowest BCUT2D eigenvalue weighted by atomic mass is 9.87. The van der Waals surface area contributed by atoms with Crippen LogP contribution in [-0.2, 0) is 6.61 Å². The molecule has 0 radical (unpaired) electrons. The van der Waals surface area contributed by atoms with Gasteiger partial charge in [0.05, 0.1) is 11.4 Å². The lowest BCUT2D eigenvalue weighted by Crippen LogP contribution is -2.06. The molecule has 3 heteroatoms. The molecule has 1 aromatic heterocycles. The van der Waals surface area contributed by atoms with E-state index in [2.05, 4.69) is 214 Å². The third-order valence-electron chi connectivity index (χ3n) is 12.6.